The third-order valence-electron chi connectivity index (χ3n) is 5.01. The number of rotatable bonds is 18. The molecule has 0 fully saturated rings. The third kappa shape index (κ3) is 30.5. The van der Waals surface area contributed by atoms with E-state index in [1.165, 1.54) is 83.5 Å². The second-order valence-electron chi connectivity index (χ2n) is 7.51. The third-order valence-corrected chi connectivity index (χ3v) is 5.52. The largest absolute Gasteiger partial charge is 2.00 e. The molecular weight excluding hydrogens is 452 g/mol. The van der Waals surface area contributed by atoms with Gasteiger partial charge in [-0.15, -0.1) is 0 Å². The minimum atomic E-state index is -0.903. The molecule has 0 aromatic carbocycles. The summed E-state index contributed by atoms with van der Waals surface area (Å²) in [6.07, 6.45) is 19.9. The van der Waals surface area contributed by atoms with E-state index in [9.17, 15) is 9.90 Å². The van der Waals surface area contributed by atoms with Crippen LogP contribution in [0.3, 0.4) is 0 Å². The molecule has 29 heavy (non-hydrogen) atoms. The Bertz CT molecular complexity index is 354. The van der Waals surface area contributed by atoms with Crippen molar-refractivity contribution in [2.45, 2.75) is 124 Å². The number of thiocarbonyl (C=S) groups is 1. The zero-order valence-electron chi connectivity index (χ0n) is 19.5. The molecule has 0 saturated carbocycles. The van der Waals surface area contributed by atoms with Crippen LogP contribution in [-0.4, -0.2) is 28.3 Å². The van der Waals surface area contributed by atoms with E-state index in [-0.39, 0.29) is 25.9 Å². The first-order chi connectivity index (χ1) is 13.5. The Morgan fingerprint density at radius 1 is 0.724 bits per heavy atom. The van der Waals surface area contributed by atoms with E-state index < -0.39 is 5.97 Å². The zero-order chi connectivity index (χ0) is 21.5. The van der Waals surface area contributed by atoms with Gasteiger partial charge in [0.2, 0.25) is 0 Å². The molecule has 0 aliphatic rings. The number of nitrogens with zero attached hydrogens (tertiary/aromatic N) is 1. The summed E-state index contributed by atoms with van der Waals surface area (Å²) in [5.41, 5.74) is 0. The van der Waals surface area contributed by atoms with Crippen LogP contribution in [0.5, 0.6) is 0 Å². The summed E-state index contributed by atoms with van der Waals surface area (Å²) < 4.78 is 0.579. The van der Waals surface area contributed by atoms with Gasteiger partial charge < -0.3 is 39.6 Å². The maximum Gasteiger partial charge on any atom is 2.00 e. The van der Waals surface area contributed by atoms with Crippen molar-refractivity contribution in [3.63, 3.8) is 0 Å². The average Bonchev–Trinajstić information content (AvgIpc) is 2.66. The molecule has 0 amide bonds. The van der Waals surface area contributed by atoms with Gasteiger partial charge in [0.1, 0.15) is 0 Å². The summed E-state index contributed by atoms with van der Waals surface area (Å²) in [5, 5.41) is 10.2. The molecule has 0 radical (unpaired) electrons. The van der Waals surface area contributed by atoms with Crippen molar-refractivity contribution in [3.05, 3.63) is 0 Å². The van der Waals surface area contributed by atoms with E-state index in [1.54, 1.807) is 0 Å². The van der Waals surface area contributed by atoms with Crippen LogP contribution in [0.4, 0.5) is 0 Å². The Hall–Kier alpha value is 0.203. The van der Waals surface area contributed by atoms with Crippen molar-refractivity contribution < 1.29 is 29.4 Å². The normalized spacial score (nSPS) is 9.90. The van der Waals surface area contributed by atoms with Crippen LogP contribution in [-0.2, 0) is 36.9 Å². The molecule has 0 bridgehead atoms. The number of unbranched alkanes of at least 4 members (excludes halogenated alkanes) is 14. The van der Waals surface area contributed by atoms with E-state index in [0.29, 0.717) is 4.32 Å². The number of carboxylic acid groups (broad SMARTS) is 1. The molecular formula is C23H45NO2S2Zn. The Labute approximate surface area is 205 Å². The quantitative estimate of drug-likeness (QED) is 0.0984. The van der Waals surface area contributed by atoms with Crippen molar-refractivity contribution in [1.82, 2.24) is 4.90 Å². The molecule has 0 N–H and O–H groups in total. The van der Waals surface area contributed by atoms with Crippen molar-refractivity contribution in [1.29, 1.82) is 0 Å². The monoisotopic (exact) mass is 495 g/mol. The van der Waals surface area contributed by atoms with Crippen LogP contribution in [0, 0.1) is 0 Å². The summed E-state index contributed by atoms with van der Waals surface area (Å²) in [4.78, 5) is 12.2. The Kier molecular flexibility index (Phi) is 32.9. The van der Waals surface area contributed by atoms with Crippen LogP contribution in [0.15, 0.2) is 0 Å². The van der Waals surface area contributed by atoms with Crippen molar-refractivity contribution in [3.8, 4) is 0 Å². The van der Waals surface area contributed by atoms with E-state index >= 15 is 0 Å². The van der Waals surface area contributed by atoms with Crippen LogP contribution in [0.25, 0.3) is 0 Å². The molecule has 0 spiro atoms. The fourth-order valence-corrected chi connectivity index (χ4v) is 3.64. The van der Waals surface area contributed by atoms with Gasteiger partial charge in [-0.1, -0.05) is 101 Å². The van der Waals surface area contributed by atoms with Gasteiger partial charge >= 0.3 is 19.5 Å². The van der Waals surface area contributed by atoms with Gasteiger partial charge in [-0.2, -0.15) is 0 Å². The molecule has 0 atom stereocenters. The summed E-state index contributed by atoms with van der Waals surface area (Å²) in [6, 6.07) is 0. The molecule has 0 rings (SSSR count). The van der Waals surface area contributed by atoms with E-state index in [4.69, 9.17) is 24.8 Å². The molecule has 0 saturated heterocycles. The molecule has 6 heteroatoms. The first-order valence-corrected chi connectivity index (χ1v) is 12.5. The first-order valence-electron chi connectivity index (χ1n) is 11.6. The minimum absolute atomic E-state index is 0. The van der Waals surface area contributed by atoms with E-state index in [2.05, 4.69) is 6.92 Å². The number of carboxylic acids is 1. The van der Waals surface area contributed by atoms with Gasteiger partial charge in [0.05, 0.1) is 0 Å². The number of aliphatic carboxylic acids is 1. The van der Waals surface area contributed by atoms with Crippen LogP contribution in [0.2, 0.25) is 0 Å². The number of hydrogen-bond donors (Lipinski definition) is 0. The Morgan fingerprint density at radius 2 is 1.03 bits per heavy atom. The van der Waals surface area contributed by atoms with Gasteiger partial charge in [0.25, 0.3) is 0 Å². The van der Waals surface area contributed by atoms with Crippen molar-refractivity contribution >= 4 is 35.1 Å². The summed E-state index contributed by atoms with van der Waals surface area (Å²) in [7, 11) is 0. The van der Waals surface area contributed by atoms with E-state index in [1.807, 2.05) is 18.7 Å². The first kappa shape index (κ1) is 33.8. The second kappa shape index (κ2) is 28.2. The van der Waals surface area contributed by atoms with Gasteiger partial charge in [0, 0.05) is 19.1 Å². The molecule has 0 aliphatic carbocycles. The maximum atomic E-state index is 10.2. The van der Waals surface area contributed by atoms with Crippen molar-refractivity contribution in [2.75, 3.05) is 13.1 Å². The Balaban J connectivity index is -0.000000636. The summed E-state index contributed by atoms with van der Waals surface area (Å²) in [5.74, 6) is -0.903. The SMILES string of the molecule is CCCCCCCCCCCCCCCCCC(=O)[O-].CCN(CC)C(=S)[S-].[Zn+2]. The predicted octanol–water partition coefficient (Wildman–Crippen LogP) is 6.16. The fraction of sp³-hybridized carbons (Fsp3) is 0.913. The van der Waals surface area contributed by atoms with Gasteiger partial charge in [-0.3, -0.25) is 0 Å². The van der Waals surface area contributed by atoms with Crippen molar-refractivity contribution in [2.24, 2.45) is 0 Å². The molecule has 0 unspecified atom stereocenters. The maximum absolute atomic E-state index is 10.2. The number of hydrogen-bond acceptors (Lipinski definition) is 4. The fourth-order valence-electron chi connectivity index (χ4n) is 3.12. The molecule has 0 aromatic heterocycles. The van der Waals surface area contributed by atoms with Crippen LogP contribution in [0.1, 0.15) is 124 Å². The summed E-state index contributed by atoms with van der Waals surface area (Å²) >= 11 is 9.51. The predicted molar refractivity (Wildman–Crippen MR) is 127 cm³/mol. The minimum Gasteiger partial charge on any atom is -0.550 e. The summed E-state index contributed by atoms with van der Waals surface area (Å²) in [6.45, 7) is 8.21. The number of carbonyl (C=O) groups is 1. The average molecular weight is 497 g/mol. The molecule has 0 aromatic rings. The van der Waals surface area contributed by atoms with Gasteiger partial charge in [0.15, 0.2) is 0 Å². The van der Waals surface area contributed by atoms with Crippen LogP contribution < -0.4 is 5.11 Å². The topological polar surface area (TPSA) is 43.4 Å². The molecule has 0 heterocycles. The van der Waals surface area contributed by atoms with E-state index in [0.717, 1.165) is 25.9 Å². The van der Waals surface area contributed by atoms with Crippen LogP contribution >= 0.6 is 12.2 Å². The molecule has 3 nitrogen and oxygen atoms in total. The second-order valence-corrected chi connectivity index (χ2v) is 8.54. The van der Waals surface area contributed by atoms with Gasteiger partial charge in [-0.05, 0) is 26.7 Å². The zero-order valence-corrected chi connectivity index (χ0v) is 24.1. The number of carbonyl (C=O) groups excluding carboxylic acids is 1. The van der Waals surface area contributed by atoms with Gasteiger partial charge in [-0.25, -0.2) is 0 Å². The molecule has 0 aliphatic heterocycles. The Morgan fingerprint density at radius 3 is 1.24 bits per heavy atom. The smallest absolute Gasteiger partial charge is 0.550 e. The molecule has 168 valence electrons. The standard InChI is InChI=1S/C18H36O2.C5H11NS2.Zn/c1-2-3-4-5-6-7-8-9-10-11-12-13-14-15-16-17-18(19)20;1-3-6(4-2)5(7)8;/h2-17H2,1H3,(H,19,20);3-4H2,1-2H3,(H,7,8);/q;;+2/p-2.